The van der Waals surface area contributed by atoms with Gasteiger partial charge < -0.3 is 0 Å². The maximum absolute atomic E-state index is 12.5. The summed E-state index contributed by atoms with van der Waals surface area (Å²) in [7, 11) is 0. The molecule has 0 spiro atoms. The highest BCUT2D eigenvalue weighted by atomic mass is 16.1. The third kappa shape index (κ3) is 1.25. The lowest BCUT2D eigenvalue weighted by Crippen LogP contribution is -2.08. The maximum Gasteiger partial charge on any atom is 0.187 e. The molecule has 0 aliphatic heterocycles. The molecule has 0 heterocycles. The summed E-state index contributed by atoms with van der Waals surface area (Å²) >= 11 is 0. The van der Waals surface area contributed by atoms with Crippen molar-refractivity contribution in [3.8, 4) is 0 Å². The lowest BCUT2D eigenvalue weighted by Gasteiger charge is -2.12. The van der Waals surface area contributed by atoms with Crippen molar-refractivity contribution in [3.63, 3.8) is 0 Å². The van der Waals surface area contributed by atoms with Gasteiger partial charge in [0.15, 0.2) is 10.9 Å². The Bertz CT molecular complexity index is 1200. The van der Waals surface area contributed by atoms with Gasteiger partial charge in [-0.15, -0.1) is 0 Å². The number of rotatable bonds is 0. The van der Waals surface area contributed by atoms with Crippen molar-refractivity contribution in [3.05, 3.63) is 81.1 Å². The van der Waals surface area contributed by atoms with Crippen molar-refractivity contribution in [1.82, 2.24) is 0 Å². The van der Waals surface area contributed by atoms with E-state index in [0.717, 1.165) is 32.3 Å². The Labute approximate surface area is 124 Å². The van der Waals surface area contributed by atoms with Crippen LogP contribution in [0.4, 0.5) is 0 Å². The molecule has 0 unspecified atom stereocenters. The molecule has 0 aromatic heterocycles. The molecule has 0 atom stereocenters. The van der Waals surface area contributed by atoms with E-state index in [-0.39, 0.29) is 10.9 Å². The Hall–Kier alpha value is -3.00. The smallest absolute Gasteiger partial charge is 0.187 e. The van der Waals surface area contributed by atoms with Gasteiger partial charge in [-0.05, 0) is 33.7 Å². The summed E-state index contributed by atoms with van der Waals surface area (Å²) in [4.78, 5) is 25.0. The van der Waals surface area contributed by atoms with Crippen LogP contribution in [-0.2, 0) is 0 Å². The Kier molecular flexibility index (Phi) is 2.01. The Morgan fingerprint density at radius 1 is 0.455 bits per heavy atom. The molecule has 2 nitrogen and oxygen atoms in total. The minimum absolute atomic E-state index is 0.0842. The third-order valence-corrected chi connectivity index (χ3v) is 4.55. The first-order valence-electron chi connectivity index (χ1n) is 7.22. The van der Waals surface area contributed by atoms with Gasteiger partial charge in [-0.2, -0.15) is 0 Å². The van der Waals surface area contributed by atoms with Gasteiger partial charge in [0, 0.05) is 21.5 Å². The number of hydrogen-bond donors (Lipinski definition) is 0. The van der Waals surface area contributed by atoms with Gasteiger partial charge >= 0.3 is 0 Å². The molecular formula is C20H10O2. The van der Waals surface area contributed by atoms with Crippen LogP contribution in [0.15, 0.2) is 70.3 Å². The molecule has 0 N–H and O–H groups in total. The second-order valence-electron chi connectivity index (χ2n) is 5.68. The van der Waals surface area contributed by atoms with Gasteiger partial charge in [0.05, 0.1) is 0 Å². The molecule has 0 bridgehead atoms. The first-order chi connectivity index (χ1) is 10.8. The maximum atomic E-state index is 12.5. The summed E-state index contributed by atoms with van der Waals surface area (Å²) in [5, 5.41) is 6.99. The first-order valence-corrected chi connectivity index (χ1v) is 7.22. The lowest BCUT2D eigenvalue weighted by atomic mass is 9.89. The number of benzene rings is 5. The molecule has 0 fully saturated rings. The predicted molar refractivity (Wildman–Crippen MR) is 91.4 cm³/mol. The van der Waals surface area contributed by atoms with Gasteiger partial charge in [-0.25, -0.2) is 0 Å². The van der Waals surface area contributed by atoms with Crippen molar-refractivity contribution in [2.45, 2.75) is 0 Å². The van der Waals surface area contributed by atoms with Gasteiger partial charge in [-0.3, -0.25) is 9.59 Å². The van der Waals surface area contributed by atoms with E-state index in [0.29, 0.717) is 10.8 Å². The highest BCUT2D eigenvalue weighted by Crippen LogP contribution is 2.36. The zero-order valence-corrected chi connectivity index (χ0v) is 11.6. The fourth-order valence-electron chi connectivity index (χ4n) is 3.67. The van der Waals surface area contributed by atoms with Crippen molar-refractivity contribution in [2.75, 3.05) is 0 Å². The average molecular weight is 282 g/mol. The first kappa shape index (κ1) is 11.6. The van der Waals surface area contributed by atoms with Gasteiger partial charge in [-0.1, -0.05) is 48.5 Å². The van der Waals surface area contributed by atoms with Crippen molar-refractivity contribution in [1.29, 1.82) is 0 Å². The van der Waals surface area contributed by atoms with E-state index < -0.39 is 0 Å². The predicted octanol–water partition coefficient (Wildman–Crippen LogP) is 3.90. The van der Waals surface area contributed by atoms with Crippen molar-refractivity contribution >= 4 is 43.1 Å². The second-order valence-corrected chi connectivity index (χ2v) is 5.68. The second kappa shape index (κ2) is 3.80. The van der Waals surface area contributed by atoms with Crippen LogP contribution < -0.4 is 10.9 Å². The largest absolute Gasteiger partial charge is 0.289 e. The summed E-state index contributed by atoms with van der Waals surface area (Å²) in [6.45, 7) is 0. The molecule has 5 rings (SSSR count). The number of hydrogen-bond acceptors (Lipinski definition) is 2. The summed E-state index contributed by atoms with van der Waals surface area (Å²) in [6, 6.07) is 18.8. The van der Waals surface area contributed by atoms with Crippen LogP contribution in [0.2, 0.25) is 0 Å². The molecular weight excluding hydrogens is 272 g/mol. The minimum Gasteiger partial charge on any atom is -0.289 e. The van der Waals surface area contributed by atoms with Crippen LogP contribution in [0.3, 0.4) is 0 Å². The van der Waals surface area contributed by atoms with E-state index in [1.165, 1.54) is 0 Å². The molecule has 0 aliphatic rings. The summed E-state index contributed by atoms with van der Waals surface area (Å²) in [5.74, 6) is 0. The summed E-state index contributed by atoms with van der Waals surface area (Å²) in [5.41, 5.74) is -0.168. The van der Waals surface area contributed by atoms with Crippen molar-refractivity contribution in [2.24, 2.45) is 0 Å². The molecule has 0 radical (unpaired) electrons. The zero-order valence-electron chi connectivity index (χ0n) is 11.6. The quantitative estimate of drug-likeness (QED) is 0.319. The van der Waals surface area contributed by atoms with Crippen LogP contribution >= 0.6 is 0 Å². The molecule has 2 heteroatoms. The molecule has 0 amide bonds. The van der Waals surface area contributed by atoms with E-state index in [9.17, 15) is 9.59 Å². The molecule has 5 aromatic carbocycles. The lowest BCUT2D eigenvalue weighted by molar-refractivity contribution is 1.67. The molecule has 0 saturated carbocycles. The molecule has 102 valence electrons. The highest BCUT2D eigenvalue weighted by molar-refractivity contribution is 6.32. The Morgan fingerprint density at radius 3 is 1.36 bits per heavy atom. The summed E-state index contributed by atoms with van der Waals surface area (Å²) < 4.78 is 0. The monoisotopic (exact) mass is 282 g/mol. The van der Waals surface area contributed by atoms with E-state index in [4.69, 9.17) is 0 Å². The third-order valence-electron chi connectivity index (χ3n) is 4.55. The van der Waals surface area contributed by atoms with Crippen LogP contribution in [0.25, 0.3) is 43.1 Å². The number of fused-ring (bicyclic) bond motifs is 2. The topological polar surface area (TPSA) is 34.1 Å². The Balaban J connectivity index is 2.40. The standard InChI is InChI=1S/C20H10O2/c21-15-9-7-11-3-1-5-13-14-6-2-4-12-8-10-16(22)20(18(12)14)19(15)17(11)13/h1-10H. The van der Waals surface area contributed by atoms with Gasteiger partial charge in [0.25, 0.3) is 0 Å². The normalized spacial score (nSPS) is 12.0. The SMILES string of the molecule is O=c1ccc2cccc3c4cccc5ccc(=O)c(c1c23)c54. The molecule has 22 heavy (non-hydrogen) atoms. The van der Waals surface area contributed by atoms with Crippen LogP contribution in [0, 0.1) is 0 Å². The minimum atomic E-state index is -0.0842. The fourth-order valence-corrected chi connectivity index (χ4v) is 3.67. The van der Waals surface area contributed by atoms with Crippen LogP contribution in [0.1, 0.15) is 0 Å². The van der Waals surface area contributed by atoms with E-state index in [2.05, 4.69) is 0 Å². The van der Waals surface area contributed by atoms with E-state index >= 15 is 0 Å². The summed E-state index contributed by atoms with van der Waals surface area (Å²) in [6.07, 6.45) is 0. The van der Waals surface area contributed by atoms with E-state index in [1.54, 1.807) is 12.1 Å². The fraction of sp³-hybridized carbons (Fsp3) is 0. The molecule has 0 saturated heterocycles. The average Bonchev–Trinajstić information content (AvgIpc) is 2.55. The van der Waals surface area contributed by atoms with Gasteiger partial charge in [0.2, 0.25) is 0 Å². The zero-order chi connectivity index (χ0) is 14.8. The van der Waals surface area contributed by atoms with Crippen LogP contribution in [0.5, 0.6) is 0 Å². The van der Waals surface area contributed by atoms with Crippen molar-refractivity contribution < 1.29 is 0 Å². The Morgan fingerprint density at radius 2 is 0.909 bits per heavy atom. The van der Waals surface area contributed by atoms with Crippen LogP contribution in [-0.4, -0.2) is 0 Å². The van der Waals surface area contributed by atoms with Gasteiger partial charge in [0.1, 0.15) is 0 Å². The molecule has 5 aromatic rings. The van der Waals surface area contributed by atoms with E-state index in [1.807, 2.05) is 48.5 Å². The highest BCUT2D eigenvalue weighted by Gasteiger charge is 2.16. The molecule has 0 aliphatic carbocycles.